The SMILES string of the molecule is CCCC(C)NC(=O)Cn1ccc2cc([N+](=O)[O-])ccc21. The molecular formula is C15H19N3O3. The van der Waals surface area contributed by atoms with Gasteiger partial charge in [-0.3, -0.25) is 14.9 Å². The fraction of sp³-hybridized carbons (Fsp3) is 0.400. The number of non-ortho nitro benzene ring substituents is 1. The van der Waals surface area contributed by atoms with Crippen LogP contribution in [-0.4, -0.2) is 21.4 Å². The average Bonchev–Trinajstić information content (AvgIpc) is 2.81. The van der Waals surface area contributed by atoms with Crippen molar-refractivity contribution in [3.05, 3.63) is 40.6 Å². The van der Waals surface area contributed by atoms with Crippen molar-refractivity contribution in [3.63, 3.8) is 0 Å². The molecule has 1 heterocycles. The highest BCUT2D eigenvalue weighted by molar-refractivity contribution is 5.85. The third-order valence-electron chi connectivity index (χ3n) is 3.41. The van der Waals surface area contributed by atoms with E-state index in [0.29, 0.717) is 0 Å². The Labute approximate surface area is 122 Å². The highest BCUT2D eigenvalue weighted by Gasteiger charge is 2.11. The second-order valence-corrected chi connectivity index (χ2v) is 5.20. The van der Waals surface area contributed by atoms with E-state index >= 15 is 0 Å². The number of hydrogen-bond donors (Lipinski definition) is 1. The summed E-state index contributed by atoms with van der Waals surface area (Å²) < 4.78 is 1.80. The molecule has 0 saturated carbocycles. The minimum absolute atomic E-state index is 0.0493. The summed E-state index contributed by atoms with van der Waals surface area (Å²) in [5, 5.41) is 14.5. The lowest BCUT2D eigenvalue weighted by Crippen LogP contribution is -2.34. The maximum absolute atomic E-state index is 12.0. The molecule has 6 heteroatoms. The number of hydrogen-bond acceptors (Lipinski definition) is 3. The second kappa shape index (κ2) is 6.39. The number of nitro groups is 1. The molecule has 0 aliphatic carbocycles. The summed E-state index contributed by atoms with van der Waals surface area (Å²) in [6.45, 7) is 4.28. The van der Waals surface area contributed by atoms with E-state index in [9.17, 15) is 14.9 Å². The molecule has 0 aliphatic heterocycles. The maximum atomic E-state index is 12.0. The highest BCUT2D eigenvalue weighted by atomic mass is 16.6. The van der Waals surface area contributed by atoms with Gasteiger partial charge in [-0.2, -0.15) is 0 Å². The topological polar surface area (TPSA) is 77.2 Å². The summed E-state index contributed by atoms with van der Waals surface area (Å²) in [7, 11) is 0. The first-order chi connectivity index (χ1) is 10.0. The van der Waals surface area contributed by atoms with E-state index in [1.54, 1.807) is 22.9 Å². The van der Waals surface area contributed by atoms with Crippen molar-refractivity contribution >= 4 is 22.5 Å². The molecule has 21 heavy (non-hydrogen) atoms. The number of nitrogens with one attached hydrogen (secondary N) is 1. The number of fused-ring (bicyclic) bond motifs is 1. The fourth-order valence-corrected chi connectivity index (χ4v) is 2.42. The van der Waals surface area contributed by atoms with Crippen LogP contribution in [0.15, 0.2) is 30.5 Å². The zero-order valence-electron chi connectivity index (χ0n) is 12.2. The van der Waals surface area contributed by atoms with Gasteiger partial charge in [0.25, 0.3) is 5.69 Å². The van der Waals surface area contributed by atoms with Crippen molar-refractivity contribution in [2.45, 2.75) is 39.3 Å². The predicted octanol–water partition coefficient (Wildman–Crippen LogP) is 2.85. The van der Waals surface area contributed by atoms with E-state index < -0.39 is 4.92 Å². The zero-order chi connectivity index (χ0) is 15.4. The number of amides is 1. The molecule has 0 bridgehead atoms. The first kappa shape index (κ1) is 15.0. The molecular weight excluding hydrogens is 270 g/mol. The Morgan fingerprint density at radius 1 is 1.43 bits per heavy atom. The first-order valence-electron chi connectivity index (χ1n) is 7.04. The number of nitrogens with zero attached hydrogens (tertiary/aromatic N) is 2. The van der Waals surface area contributed by atoms with Gasteiger partial charge >= 0.3 is 0 Å². The van der Waals surface area contributed by atoms with Gasteiger partial charge in [0.15, 0.2) is 0 Å². The highest BCUT2D eigenvalue weighted by Crippen LogP contribution is 2.21. The Morgan fingerprint density at radius 2 is 2.19 bits per heavy atom. The third-order valence-corrected chi connectivity index (χ3v) is 3.41. The van der Waals surface area contributed by atoms with Gasteiger partial charge in [-0.05, 0) is 25.5 Å². The number of carbonyl (C=O) groups excluding carboxylic acids is 1. The van der Waals surface area contributed by atoms with Crippen LogP contribution in [0.1, 0.15) is 26.7 Å². The normalized spacial score (nSPS) is 12.3. The molecule has 2 aromatic rings. The lowest BCUT2D eigenvalue weighted by molar-refractivity contribution is -0.384. The first-order valence-corrected chi connectivity index (χ1v) is 7.04. The van der Waals surface area contributed by atoms with Crippen LogP contribution in [0.3, 0.4) is 0 Å². The molecule has 1 amide bonds. The standard InChI is InChI=1S/C15H19N3O3/c1-3-4-11(2)16-15(19)10-17-8-7-12-9-13(18(20)21)5-6-14(12)17/h5-9,11H,3-4,10H2,1-2H3,(H,16,19). The third kappa shape index (κ3) is 3.59. The van der Waals surface area contributed by atoms with E-state index in [0.717, 1.165) is 23.7 Å². The largest absolute Gasteiger partial charge is 0.352 e. The lowest BCUT2D eigenvalue weighted by Gasteiger charge is -2.13. The molecule has 112 valence electrons. The number of carbonyl (C=O) groups is 1. The number of nitro benzene ring substituents is 1. The molecule has 0 fully saturated rings. The van der Waals surface area contributed by atoms with Crippen molar-refractivity contribution < 1.29 is 9.72 Å². The van der Waals surface area contributed by atoms with Gasteiger partial charge in [0.1, 0.15) is 6.54 Å². The van der Waals surface area contributed by atoms with Gasteiger partial charge in [0, 0.05) is 35.3 Å². The summed E-state index contributed by atoms with van der Waals surface area (Å²) >= 11 is 0. The number of benzene rings is 1. The molecule has 1 aromatic heterocycles. The summed E-state index contributed by atoms with van der Waals surface area (Å²) in [4.78, 5) is 22.3. The summed E-state index contributed by atoms with van der Waals surface area (Å²) in [6.07, 6.45) is 3.75. The van der Waals surface area contributed by atoms with Crippen molar-refractivity contribution in [2.24, 2.45) is 0 Å². The van der Waals surface area contributed by atoms with Crippen molar-refractivity contribution in [3.8, 4) is 0 Å². The molecule has 0 saturated heterocycles. The lowest BCUT2D eigenvalue weighted by atomic mass is 10.2. The van der Waals surface area contributed by atoms with Gasteiger partial charge < -0.3 is 9.88 Å². The van der Waals surface area contributed by atoms with Crippen molar-refractivity contribution in [2.75, 3.05) is 0 Å². The summed E-state index contributed by atoms with van der Waals surface area (Å²) in [5.41, 5.74) is 0.875. The molecule has 0 spiro atoms. The van der Waals surface area contributed by atoms with Gasteiger partial charge in [-0.15, -0.1) is 0 Å². The number of rotatable bonds is 6. The molecule has 1 N–H and O–H groups in total. The molecule has 6 nitrogen and oxygen atoms in total. The Kier molecular flexibility index (Phi) is 4.57. The zero-order valence-corrected chi connectivity index (χ0v) is 12.2. The Bertz CT molecular complexity index is 663. The van der Waals surface area contributed by atoms with Gasteiger partial charge in [0.05, 0.1) is 4.92 Å². The van der Waals surface area contributed by atoms with Crippen LogP contribution in [0.2, 0.25) is 0 Å². The van der Waals surface area contributed by atoms with E-state index in [4.69, 9.17) is 0 Å². The summed E-state index contributed by atoms with van der Waals surface area (Å²) in [5.74, 6) is -0.0493. The Hall–Kier alpha value is -2.37. The van der Waals surface area contributed by atoms with Crippen LogP contribution < -0.4 is 5.32 Å². The van der Waals surface area contributed by atoms with Crippen LogP contribution in [0, 0.1) is 10.1 Å². The average molecular weight is 289 g/mol. The minimum atomic E-state index is -0.421. The maximum Gasteiger partial charge on any atom is 0.270 e. The van der Waals surface area contributed by atoms with Crippen LogP contribution in [0.25, 0.3) is 10.9 Å². The van der Waals surface area contributed by atoms with Crippen molar-refractivity contribution in [1.82, 2.24) is 9.88 Å². The van der Waals surface area contributed by atoms with Gasteiger partial charge in [0.2, 0.25) is 5.91 Å². The molecule has 1 aromatic carbocycles. The molecule has 1 atom stereocenters. The quantitative estimate of drug-likeness (QED) is 0.656. The monoisotopic (exact) mass is 289 g/mol. The van der Waals surface area contributed by atoms with Gasteiger partial charge in [-0.25, -0.2) is 0 Å². The van der Waals surface area contributed by atoms with Crippen LogP contribution >= 0.6 is 0 Å². The Balaban J connectivity index is 2.12. The van der Waals surface area contributed by atoms with Crippen LogP contribution in [0.4, 0.5) is 5.69 Å². The van der Waals surface area contributed by atoms with E-state index in [1.807, 2.05) is 6.92 Å². The number of aromatic nitrogens is 1. The molecule has 1 unspecified atom stereocenters. The second-order valence-electron chi connectivity index (χ2n) is 5.20. The molecule has 2 rings (SSSR count). The minimum Gasteiger partial charge on any atom is -0.352 e. The predicted molar refractivity (Wildman–Crippen MR) is 81.1 cm³/mol. The fourth-order valence-electron chi connectivity index (χ4n) is 2.42. The van der Waals surface area contributed by atoms with Crippen molar-refractivity contribution in [1.29, 1.82) is 0 Å². The summed E-state index contributed by atoms with van der Waals surface area (Å²) in [6, 6.07) is 6.59. The van der Waals surface area contributed by atoms with Gasteiger partial charge in [-0.1, -0.05) is 13.3 Å². The van der Waals surface area contributed by atoms with Crippen LogP contribution in [0.5, 0.6) is 0 Å². The molecule has 0 aliphatic rings. The van der Waals surface area contributed by atoms with E-state index in [1.165, 1.54) is 12.1 Å². The molecule has 0 radical (unpaired) electrons. The smallest absolute Gasteiger partial charge is 0.270 e. The Morgan fingerprint density at radius 3 is 2.86 bits per heavy atom. The van der Waals surface area contributed by atoms with E-state index in [2.05, 4.69) is 12.2 Å². The van der Waals surface area contributed by atoms with E-state index in [-0.39, 0.29) is 24.2 Å². The van der Waals surface area contributed by atoms with Crippen LogP contribution in [-0.2, 0) is 11.3 Å².